The molecule has 3 rings (SSSR count). The Morgan fingerprint density at radius 3 is 2.80 bits per heavy atom. The minimum Gasteiger partial charge on any atom is -0.469 e. The molecule has 1 aliphatic heterocycles. The molecule has 0 bridgehead atoms. The molecular formula is C18H20N4O3. The van der Waals surface area contributed by atoms with Crippen molar-refractivity contribution in [3.63, 3.8) is 0 Å². The number of furan rings is 1. The highest BCUT2D eigenvalue weighted by molar-refractivity contribution is 6.39. The zero-order valence-electron chi connectivity index (χ0n) is 14.2. The fourth-order valence-electron chi connectivity index (χ4n) is 2.52. The minimum absolute atomic E-state index is 0.0732. The van der Waals surface area contributed by atoms with Crippen molar-refractivity contribution >= 4 is 23.3 Å². The van der Waals surface area contributed by atoms with Gasteiger partial charge in [0.25, 0.3) is 11.8 Å². The lowest BCUT2D eigenvalue weighted by atomic mass is 10.2. The fourth-order valence-corrected chi connectivity index (χ4v) is 2.52. The molecule has 1 aliphatic rings. The van der Waals surface area contributed by atoms with Crippen molar-refractivity contribution in [2.75, 3.05) is 11.6 Å². The first kappa shape index (κ1) is 16.8. The van der Waals surface area contributed by atoms with Crippen LogP contribution < -0.4 is 15.8 Å². The molecule has 2 heterocycles. The van der Waals surface area contributed by atoms with Crippen LogP contribution in [0, 0.1) is 6.92 Å². The Morgan fingerprint density at radius 1 is 1.36 bits per heavy atom. The van der Waals surface area contributed by atoms with Gasteiger partial charge in [0.1, 0.15) is 12.3 Å². The molecule has 0 radical (unpaired) electrons. The number of amides is 2. The van der Waals surface area contributed by atoms with E-state index in [4.69, 9.17) is 4.42 Å². The maximum absolute atomic E-state index is 12.4. The van der Waals surface area contributed by atoms with Gasteiger partial charge in [-0.3, -0.25) is 20.0 Å². The van der Waals surface area contributed by atoms with Gasteiger partial charge in [-0.25, -0.2) is 5.01 Å². The van der Waals surface area contributed by atoms with Gasteiger partial charge in [-0.05, 0) is 38.1 Å². The molecule has 0 unspecified atom stereocenters. The van der Waals surface area contributed by atoms with Crippen LogP contribution in [0.2, 0.25) is 0 Å². The smallest absolute Gasteiger partial charge is 0.288 e. The predicted octanol–water partition coefficient (Wildman–Crippen LogP) is 1.59. The van der Waals surface area contributed by atoms with Gasteiger partial charge in [0.05, 0.1) is 12.0 Å². The van der Waals surface area contributed by atoms with Crippen LogP contribution in [0.15, 0.2) is 52.1 Å². The fraction of sp³-hybridized carbons (Fsp3) is 0.278. The van der Waals surface area contributed by atoms with Gasteiger partial charge in [-0.2, -0.15) is 0 Å². The van der Waals surface area contributed by atoms with E-state index < -0.39 is 0 Å². The molecule has 7 heteroatoms. The van der Waals surface area contributed by atoms with Gasteiger partial charge >= 0.3 is 0 Å². The van der Waals surface area contributed by atoms with Crippen LogP contribution in [0.1, 0.15) is 18.2 Å². The Balaban J connectivity index is 1.64. The lowest BCUT2D eigenvalue weighted by Crippen LogP contribution is -2.56. The quantitative estimate of drug-likeness (QED) is 0.865. The van der Waals surface area contributed by atoms with Gasteiger partial charge in [0.2, 0.25) is 5.84 Å². The van der Waals surface area contributed by atoms with Crippen molar-refractivity contribution in [2.24, 2.45) is 4.99 Å². The highest BCUT2D eigenvalue weighted by Crippen LogP contribution is 2.15. The van der Waals surface area contributed by atoms with E-state index in [0.29, 0.717) is 12.1 Å². The van der Waals surface area contributed by atoms with Gasteiger partial charge < -0.3 is 9.73 Å². The number of hydrazine groups is 1. The summed E-state index contributed by atoms with van der Waals surface area (Å²) >= 11 is 0. The highest BCUT2D eigenvalue weighted by Gasteiger charge is 2.26. The van der Waals surface area contributed by atoms with Crippen molar-refractivity contribution in [1.82, 2.24) is 10.7 Å². The van der Waals surface area contributed by atoms with E-state index in [1.54, 1.807) is 6.26 Å². The van der Waals surface area contributed by atoms with Gasteiger partial charge in [-0.1, -0.05) is 17.7 Å². The van der Waals surface area contributed by atoms with Crippen LogP contribution in [0.3, 0.4) is 0 Å². The largest absolute Gasteiger partial charge is 0.469 e. The summed E-state index contributed by atoms with van der Waals surface area (Å²) in [6, 6.07) is 11.0. The third-order valence-electron chi connectivity index (χ3n) is 3.81. The SMILES string of the molecule is Cc1ccc(N2NC(C(=O)N[C@@H](C)Cc3ccco3)=NCC2=O)cc1. The van der Waals surface area contributed by atoms with Crippen molar-refractivity contribution in [3.05, 3.63) is 54.0 Å². The predicted molar refractivity (Wildman–Crippen MR) is 94.1 cm³/mol. The molecule has 1 aromatic carbocycles. The van der Waals surface area contributed by atoms with Crippen molar-refractivity contribution in [3.8, 4) is 0 Å². The third kappa shape index (κ3) is 4.06. The second-order valence-electron chi connectivity index (χ2n) is 6.00. The maximum atomic E-state index is 12.4. The second-order valence-corrected chi connectivity index (χ2v) is 6.00. The summed E-state index contributed by atoms with van der Waals surface area (Å²) in [6.45, 7) is 3.78. The summed E-state index contributed by atoms with van der Waals surface area (Å²) in [5.41, 5.74) is 4.56. The molecule has 2 amide bonds. The number of carbonyl (C=O) groups is 2. The molecule has 2 aromatic rings. The molecule has 7 nitrogen and oxygen atoms in total. The highest BCUT2D eigenvalue weighted by atomic mass is 16.3. The summed E-state index contributed by atoms with van der Waals surface area (Å²) < 4.78 is 5.28. The Labute approximate surface area is 145 Å². The number of nitrogens with one attached hydrogen (secondary N) is 2. The molecule has 1 atom stereocenters. The van der Waals surface area contributed by atoms with E-state index in [-0.39, 0.29) is 30.2 Å². The summed E-state index contributed by atoms with van der Waals surface area (Å²) in [4.78, 5) is 28.5. The van der Waals surface area contributed by atoms with Crippen LogP contribution in [0.25, 0.3) is 0 Å². The van der Waals surface area contributed by atoms with Gasteiger partial charge in [-0.15, -0.1) is 0 Å². The zero-order chi connectivity index (χ0) is 17.8. The number of carbonyl (C=O) groups excluding carboxylic acids is 2. The molecule has 25 heavy (non-hydrogen) atoms. The van der Waals surface area contributed by atoms with E-state index >= 15 is 0 Å². The van der Waals surface area contributed by atoms with E-state index in [0.717, 1.165) is 11.3 Å². The second kappa shape index (κ2) is 7.21. The van der Waals surface area contributed by atoms with E-state index in [1.807, 2.05) is 50.2 Å². The first-order chi connectivity index (χ1) is 12.0. The van der Waals surface area contributed by atoms with E-state index in [9.17, 15) is 9.59 Å². The molecule has 0 saturated heterocycles. The summed E-state index contributed by atoms with van der Waals surface area (Å²) in [7, 11) is 0. The number of benzene rings is 1. The minimum atomic E-state index is -0.358. The number of hydrogen-bond donors (Lipinski definition) is 2. The van der Waals surface area contributed by atoms with E-state index in [1.165, 1.54) is 5.01 Å². The summed E-state index contributed by atoms with van der Waals surface area (Å²) in [5, 5.41) is 4.20. The topological polar surface area (TPSA) is 86.9 Å². The van der Waals surface area contributed by atoms with Crippen molar-refractivity contribution in [1.29, 1.82) is 0 Å². The number of anilines is 1. The molecule has 0 fully saturated rings. The standard InChI is InChI=1S/C18H20N4O3/c1-12-5-7-14(8-6-12)22-16(23)11-19-17(21-22)18(24)20-13(2)10-15-4-3-9-25-15/h3-9,13H,10-11H2,1-2H3,(H,19,21)(H,20,24)/t13-/m0/s1. The number of aliphatic imine (C=N–C) groups is 1. The first-order valence-electron chi connectivity index (χ1n) is 8.07. The molecule has 0 aliphatic carbocycles. The van der Waals surface area contributed by atoms with Crippen molar-refractivity contribution in [2.45, 2.75) is 26.3 Å². The third-order valence-corrected chi connectivity index (χ3v) is 3.81. The molecular weight excluding hydrogens is 320 g/mol. The monoisotopic (exact) mass is 340 g/mol. The Bertz CT molecular complexity index is 781. The Kier molecular flexibility index (Phi) is 4.83. The van der Waals surface area contributed by atoms with Crippen molar-refractivity contribution < 1.29 is 14.0 Å². The number of hydrogen-bond acceptors (Lipinski definition) is 5. The summed E-state index contributed by atoms with van der Waals surface area (Å²) in [5.74, 6) is 0.335. The maximum Gasteiger partial charge on any atom is 0.288 e. The average Bonchev–Trinajstić information content (AvgIpc) is 3.09. The van der Waals surface area contributed by atoms with Crippen LogP contribution in [0.4, 0.5) is 5.69 Å². The lowest BCUT2D eigenvalue weighted by Gasteiger charge is -2.28. The first-order valence-corrected chi connectivity index (χ1v) is 8.07. The number of nitrogens with zero attached hydrogens (tertiary/aromatic N) is 2. The normalized spacial score (nSPS) is 15.4. The zero-order valence-corrected chi connectivity index (χ0v) is 14.2. The molecule has 0 spiro atoms. The number of amidine groups is 1. The van der Waals surface area contributed by atoms with Crippen LogP contribution in [-0.2, 0) is 16.0 Å². The van der Waals surface area contributed by atoms with E-state index in [2.05, 4.69) is 15.7 Å². The van der Waals surface area contributed by atoms with Gasteiger partial charge in [0.15, 0.2) is 0 Å². The molecule has 130 valence electrons. The lowest BCUT2D eigenvalue weighted by molar-refractivity contribution is -0.118. The Hall–Kier alpha value is -3.09. The van der Waals surface area contributed by atoms with Gasteiger partial charge in [0, 0.05) is 12.5 Å². The number of aryl methyl sites for hydroxylation is 1. The molecule has 0 saturated carbocycles. The average molecular weight is 340 g/mol. The van der Waals surface area contributed by atoms with Crippen LogP contribution in [-0.4, -0.2) is 30.2 Å². The molecule has 1 aromatic heterocycles. The Morgan fingerprint density at radius 2 is 2.12 bits per heavy atom. The van der Waals surface area contributed by atoms with Crippen LogP contribution in [0.5, 0.6) is 0 Å². The summed E-state index contributed by atoms with van der Waals surface area (Å²) in [6.07, 6.45) is 2.17. The number of rotatable bonds is 5. The molecule has 2 N–H and O–H groups in total. The van der Waals surface area contributed by atoms with Crippen LogP contribution >= 0.6 is 0 Å².